The van der Waals surface area contributed by atoms with E-state index in [0.717, 1.165) is 16.9 Å². The van der Waals surface area contributed by atoms with E-state index in [1.165, 1.54) is 0 Å². The quantitative estimate of drug-likeness (QED) is 0.825. The molecule has 112 valence electrons. The number of imide groups is 1. The summed E-state index contributed by atoms with van der Waals surface area (Å²) in [5, 5.41) is 5.29. The average Bonchev–Trinajstić information content (AvgIpc) is 2.61. The predicted octanol–water partition coefficient (Wildman–Crippen LogP) is 1.52. The zero-order valence-corrected chi connectivity index (χ0v) is 12.4. The molecule has 1 saturated heterocycles. The summed E-state index contributed by atoms with van der Waals surface area (Å²) < 4.78 is 0. The number of anilines is 1. The third kappa shape index (κ3) is 3.04. The minimum absolute atomic E-state index is 0.286. The van der Waals surface area contributed by atoms with Gasteiger partial charge in [0.25, 0.3) is 5.91 Å². The first-order valence-corrected chi connectivity index (χ1v) is 6.87. The molecule has 1 heterocycles. The van der Waals surface area contributed by atoms with Gasteiger partial charge in [-0.05, 0) is 31.9 Å². The highest BCUT2D eigenvalue weighted by atomic mass is 16.2. The summed E-state index contributed by atoms with van der Waals surface area (Å²) in [6.45, 7) is 4.92. The van der Waals surface area contributed by atoms with Crippen LogP contribution in [0.15, 0.2) is 24.3 Å². The molecule has 6 heteroatoms. The van der Waals surface area contributed by atoms with Crippen molar-refractivity contribution < 1.29 is 14.4 Å². The number of nitrogens with one attached hydrogen (secondary N) is 2. The average molecular weight is 289 g/mol. The molecule has 1 fully saturated rings. The SMILES string of the molecule is CCc1ccccc1NC(=O)CN1C(=O)NC(C)(C)C1=O. The number of para-hydroxylation sites is 1. The maximum absolute atomic E-state index is 12.1. The molecule has 0 radical (unpaired) electrons. The molecule has 2 rings (SSSR count). The van der Waals surface area contributed by atoms with Crippen molar-refractivity contribution in [3.05, 3.63) is 29.8 Å². The molecule has 2 N–H and O–H groups in total. The van der Waals surface area contributed by atoms with Crippen molar-refractivity contribution in [2.24, 2.45) is 0 Å². The van der Waals surface area contributed by atoms with Crippen LogP contribution in [0.5, 0.6) is 0 Å². The summed E-state index contributed by atoms with van der Waals surface area (Å²) in [4.78, 5) is 36.7. The Morgan fingerprint density at radius 1 is 1.29 bits per heavy atom. The number of carbonyl (C=O) groups excluding carboxylic acids is 3. The standard InChI is InChI=1S/C15H19N3O3/c1-4-10-7-5-6-8-11(10)16-12(19)9-18-13(20)15(2,3)17-14(18)21/h5-8H,4,9H2,1-3H3,(H,16,19)(H,17,21). The van der Waals surface area contributed by atoms with E-state index in [9.17, 15) is 14.4 Å². The van der Waals surface area contributed by atoms with Crippen LogP contribution < -0.4 is 10.6 Å². The minimum atomic E-state index is -0.960. The van der Waals surface area contributed by atoms with Crippen molar-refractivity contribution in [3.8, 4) is 0 Å². The zero-order valence-electron chi connectivity index (χ0n) is 12.4. The summed E-state index contributed by atoms with van der Waals surface area (Å²) in [6, 6.07) is 6.91. The molecule has 1 aliphatic heterocycles. The van der Waals surface area contributed by atoms with Crippen molar-refractivity contribution in [2.45, 2.75) is 32.7 Å². The summed E-state index contributed by atoms with van der Waals surface area (Å²) in [5.41, 5.74) is 0.748. The van der Waals surface area contributed by atoms with Crippen molar-refractivity contribution in [1.82, 2.24) is 10.2 Å². The van der Waals surface area contributed by atoms with Gasteiger partial charge in [0, 0.05) is 5.69 Å². The van der Waals surface area contributed by atoms with Crippen LogP contribution in [0.3, 0.4) is 0 Å². The van der Waals surface area contributed by atoms with E-state index in [1.54, 1.807) is 19.9 Å². The topological polar surface area (TPSA) is 78.5 Å². The molecule has 0 bridgehead atoms. The molecule has 1 aromatic rings. The number of nitrogens with zero attached hydrogens (tertiary/aromatic N) is 1. The lowest BCUT2D eigenvalue weighted by molar-refractivity contribution is -0.132. The third-order valence-electron chi connectivity index (χ3n) is 3.42. The van der Waals surface area contributed by atoms with Gasteiger partial charge in [-0.2, -0.15) is 0 Å². The van der Waals surface area contributed by atoms with Gasteiger partial charge in [-0.1, -0.05) is 25.1 Å². The summed E-state index contributed by atoms with van der Waals surface area (Å²) in [5.74, 6) is -0.788. The van der Waals surface area contributed by atoms with Gasteiger partial charge in [0.05, 0.1) is 0 Å². The molecule has 21 heavy (non-hydrogen) atoms. The van der Waals surface area contributed by atoms with Crippen LogP contribution in [0.1, 0.15) is 26.3 Å². The normalized spacial score (nSPS) is 16.8. The lowest BCUT2D eigenvalue weighted by atomic mass is 10.1. The second-order valence-corrected chi connectivity index (χ2v) is 5.51. The van der Waals surface area contributed by atoms with Crippen LogP contribution in [0.2, 0.25) is 0 Å². The van der Waals surface area contributed by atoms with E-state index in [-0.39, 0.29) is 6.54 Å². The lowest BCUT2D eigenvalue weighted by Crippen LogP contribution is -2.41. The Morgan fingerprint density at radius 2 is 1.95 bits per heavy atom. The zero-order chi connectivity index (χ0) is 15.6. The number of aryl methyl sites for hydroxylation is 1. The van der Waals surface area contributed by atoms with E-state index in [4.69, 9.17) is 0 Å². The molecule has 6 nitrogen and oxygen atoms in total. The van der Waals surface area contributed by atoms with Gasteiger partial charge in [0.15, 0.2) is 0 Å². The van der Waals surface area contributed by atoms with E-state index < -0.39 is 23.4 Å². The van der Waals surface area contributed by atoms with Crippen molar-refractivity contribution in [3.63, 3.8) is 0 Å². The van der Waals surface area contributed by atoms with Crippen LogP contribution in [0.4, 0.5) is 10.5 Å². The second-order valence-electron chi connectivity index (χ2n) is 5.51. The monoisotopic (exact) mass is 289 g/mol. The first kappa shape index (κ1) is 15.0. The molecule has 0 saturated carbocycles. The fraction of sp³-hybridized carbons (Fsp3) is 0.400. The van der Waals surface area contributed by atoms with Crippen molar-refractivity contribution in [2.75, 3.05) is 11.9 Å². The number of carbonyl (C=O) groups is 3. The predicted molar refractivity (Wildman–Crippen MR) is 78.8 cm³/mol. The highest BCUT2D eigenvalue weighted by Crippen LogP contribution is 2.18. The third-order valence-corrected chi connectivity index (χ3v) is 3.42. The Balaban J connectivity index is 2.06. The molecule has 0 aromatic heterocycles. The molecule has 0 atom stereocenters. The Bertz CT molecular complexity index is 596. The van der Waals surface area contributed by atoms with E-state index in [0.29, 0.717) is 5.69 Å². The largest absolute Gasteiger partial charge is 0.325 e. The highest BCUT2D eigenvalue weighted by molar-refractivity contribution is 6.09. The molecule has 0 unspecified atom stereocenters. The van der Waals surface area contributed by atoms with Gasteiger partial charge in [0.1, 0.15) is 12.1 Å². The van der Waals surface area contributed by atoms with E-state index >= 15 is 0 Å². The number of hydrogen-bond acceptors (Lipinski definition) is 3. The van der Waals surface area contributed by atoms with E-state index in [1.807, 2.05) is 25.1 Å². The molecular formula is C15H19N3O3. The van der Waals surface area contributed by atoms with Crippen molar-refractivity contribution in [1.29, 1.82) is 0 Å². The Hall–Kier alpha value is -2.37. The minimum Gasteiger partial charge on any atom is -0.324 e. The number of urea groups is 1. The van der Waals surface area contributed by atoms with Crippen molar-refractivity contribution >= 4 is 23.5 Å². The molecular weight excluding hydrogens is 270 g/mol. The summed E-state index contributed by atoms with van der Waals surface area (Å²) in [6.07, 6.45) is 0.784. The molecule has 1 aromatic carbocycles. The van der Waals surface area contributed by atoms with Gasteiger partial charge >= 0.3 is 6.03 Å². The van der Waals surface area contributed by atoms with Crippen LogP contribution >= 0.6 is 0 Å². The number of amides is 4. The Kier molecular flexibility index (Phi) is 3.97. The number of benzene rings is 1. The fourth-order valence-electron chi connectivity index (χ4n) is 2.25. The van der Waals surface area contributed by atoms with Gasteiger partial charge in [0.2, 0.25) is 5.91 Å². The van der Waals surface area contributed by atoms with Gasteiger partial charge in [-0.25, -0.2) is 4.79 Å². The smallest absolute Gasteiger partial charge is 0.324 e. The molecule has 4 amide bonds. The summed E-state index contributed by atoms with van der Waals surface area (Å²) in [7, 11) is 0. The number of rotatable bonds is 4. The Labute approximate surface area is 123 Å². The molecule has 1 aliphatic rings. The van der Waals surface area contributed by atoms with Crippen LogP contribution in [0.25, 0.3) is 0 Å². The number of hydrogen-bond donors (Lipinski definition) is 2. The van der Waals surface area contributed by atoms with Crippen LogP contribution in [0, 0.1) is 0 Å². The van der Waals surface area contributed by atoms with Gasteiger partial charge in [-0.15, -0.1) is 0 Å². The summed E-state index contributed by atoms with van der Waals surface area (Å²) >= 11 is 0. The lowest BCUT2D eigenvalue weighted by Gasteiger charge is -2.16. The maximum atomic E-state index is 12.1. The second kappa shape index (κ2) is 5.55. The maximum Gasteiger partial charge on any atom is 0.325 e. The van der Waals surface area contributed by atoms with Crippen LogP contribution in [-0.2, 0) is 16.0 Å². The Morgan fingerprint density at radius 3 is 2.52 bits per heavy atom. The molecule has 0 aliphatic carbocycles. The van der Waals surface area contributed by atoms with Gasteiger partial charge in [-0.3, -0.25) is 14.5 Å². The molecule has 0 spiro atoms. The van der Waals surface area contributed by atoms with E-state index in [2.05, 4.69) is 10.6 Å². The van der Waals surface area contributed by atoms with Crippen LogP contribution in [-0.4, -0.2) is 34.8 Å². The van der Waals surface area contributed by atoms with Gasteiger partial charge < -0.3 is 10.6 Å². The first-order chi connectivity index (χ1) is 9.85. The fourth-order valence-corrected chi connectivity index (χ4v) is 2.25. The highest BCUT2D eigenvalue weighted by Gasteiger charge is 2.44. The first-order valence-electron chi connectivity index (χ1n) is 6.87.